The minimum atomic E-state index is -0.555. The van der Waals surface area contributed by atoms with E-state index >= 15 is 0 Å². The molecule has 136 valence electrons. The fraction of sp³-hybridized carbons (Fsp3) is 0.294. The van der Waals surface area contributed by atoms with E-state index in [1.807, 2.05) is 30.3 Å². The molecule has 2 heterocycles. The summed E-state index contributed by atoms with van der Waals surface area (Å²) in [4.78, 5) is 16.7. The van der Waals surface area contributed by atoms with Crippen molar-refractivity contribution in [3.05, 3.63) is 60.0 Å². The van der Waals surface area contributed by atoms with E-state index in [1.165, 1.54) is 0 Å². The first-order valence-electron chi connectivity index (χ1n) is 8.10. The molecule has 0 aliphatic rings. The van der Waals surface area contributed by atoms with Gasteiger partial charge in [-0.25, -0.2) is 4.79 Å². The van der Waals surface area contributed by atoms with Crippen molar-refractivity contribution < 1.29 is 14.1 Å². The molecule has 2 amide bonds. The van der Waals surface area contributed by atoms with Gasteiger partial charge in [0, 0.05) is 13.3 Å². The van der Waals surface area contributed by atoms with Gasteiger partial charge in [0.1, 0.15) is 6.04 Å². The van der Waals surface area contributed by atoms with E-state index in [1.54, 1.807) is 31.1 Å². The first-order chi connectivity index (χ1) is 12.7. The number of aryl methyl sites for hydroxylation is 1. The molecule has 1 aromatic carbocycles. The summed E-state index contributed by atoms with van der Waals surface area (Å²) in [6, 6.07) is 8.46. The lowest BCUT2D eigenvalue weighted by atomic mass is 10.1. The Labute approximate surface area is 150 Å². The van der Waals surface area contributed by atoms with Gasteiger partial charge in [-0.15, -0.1) is 0 Å². The Morgan fingerprint density at radius 2 is 2.15 bits per heavy atom. The van der Waals surface area contributed by atoms with E-state index in [2.05, 4.69) is 25.9 Å². The van der Waals surface area contributed by atoms with Gasteiger partial charge in [-0.05, 0) is 12.5 Å². The maximum atomic E-state index is 12.4. The average molecular weight is 356 g/mol. The van der Waals surface area contributed by atoms with Gasteiger partial charge in [0.25, 0.3) is 5.89 Å². The van der Waals surface area contributed by atoms with E-state index in [-0.39, 0.29) is 0 Å². The highest BCUT2D eigenvalue weighted by atomic mass is 16.5. The number of aromatic nitrogens is 4. The van der Waals surface area contributed by atoms with Crippen LogP contribution in [0.1, 0.15) is 23.3 Å². The predicted molar refractivity (Wildman–Crippen MR) is 93.6 cm³/mol. The second kappa shape index (κ2) is 8.26. The van der Waals surface area contributed by atoms with Crippen LogP contribution in [0.25, 0.3) is 0 Å². The van der Waals surface area contributed by atoms with Gasteiger partial charge in [-0.2, -0.15) is 10.1 Å². The highest BCUT2D eigenvalue weighted by Crippen LogP contribution is 2.20. The van der Waals surface area contributed by atoms with Gasteiger partial charge < -0.3 is 19.9 Å². The number of anilines is 1. The summed E-state index contributed by atoms with van der Waals surface area (Å²) < 4.78 is 11.9. The molecule has 1 unspecified atom stereocenters. The lowest BCUT2D eigenvalue weighted by Gasteiger charge is -2.15. The van der Waals surface area contributed by atoms with Gasteiger partial charge in [-0.1, -0.05) is 35.5 Å². The summed E-state index contributed by atoms with van der Waals surface area (Å²) in [7, 11) is 1.62. The average Bonchev–Trinajstić information content (AvgIpc) is 3.27. The first-order valence-corrected chi connectivity index (χ1v) is 8.10. The van der Waals surface area contributed by atoms with Crippen LogP contribution in [0.2, 0.25) is 0 Å². The highest BCUT2D eigenvalue weighted by Gasteiger charge is 2.22. The molecular formula is C17H20N6O3. The zero-order valence-corrected chi connectivity index (χ0v) is 14.5. The van der Waals surface area contributed by atoms with Crippen LogP contribution in [0.5, 0.6) is 0 Å². The largest absolute Gasteiger partial charge is 0.383 e. The fourth-order valence-corrected chi connectivity index (χ4v) is 2.40. The Hall–Kier alpha value is -3.20. The van der Waals surface area contributed by atoms with Crippen molar-refractivity contribution in [3.63, 3.8) is 0 Å². The normalized spacial score (nSPS) is 11.9. The Bertz CT molecular complexity index is 845. The number of nitrogens with zero attached hydrogens (tertiary/aromatic N) is 4. The number of amides is 2. The second-order valence-electron chi connectivity index (χ2n) is 5.61. The summed E-state index contributed by atoms with van der Waals surface area (Å²) >= 11 is 0. The highest BCUT2D eigenvalue weighted by molar-refractivity contribution is 5.89. The van der Waals surface area contributed by atoms with Crippen LogP contribution in [-0.2, 0) is 11.3 Å². The topological polar surface area (TPSA) is 107 Å². The molecule has 9 heteroatoms. The summed E-state index contributed by atoms with van der Waals surface area (Å²) in [5.41, 5.74) is 1.41. The van der Waals surface area contributed by atoms with Crippen LogP contribution in [0.3, 0.4) is 0 Å². The van der Waals surface area contributed by atoms with Crippen molar-refractivity contribution in [2.24, 2.45) is 0 Å². The molecule has 0 saturated heterocycles. The minimum Gasteiger partial charge on any atom is -0.383 e. The predicted octanol–water partition coefficient (Wildman–Crippen LogP) is 2.13. The number of methoxy groups -OCH3 is 1. The van der Waals surface area contributed by atoms with Crippen LogP contribution in [0.15, 0.2) is 47.2 Å². The molecule has 0 fully saturated rings. The number of urea groups is 1. The number of ether oxygens (including phenoxy) is 1. The molecule has 26 heavy (non-hydrogen) atoms. The maximum Gasteiger partial charge on any atom is 0.320 e. The Morgan fingerprint density at radius 1 is 1.35 bits per heavy atom. The van der Waals surface area contributed by atoms with E-state index in [0.717, 1.165) is 5.56 Å². The first kappa shape index (κ1) is 17.6. The van der Waals surface area contributed by atoms with Gasteiger partial charge in [0.2, 0.25) is 0 Å². The quantitative estimate of drug-likeness (QED) is 0.671. The second-order valence-corrected chi connectivity index (χ2v) is 5.61. The molecular weight excluding hydrogens is 336 g/mol. The van der Waals surface area contributed by atoms with E-state index in [0.29, 0.717) is 30.6 Å². The van der Waals surface area contributed by atoms with Crippen LogP contribution in [0, 0.1) is 6.92 Å². The monoisotopic (exact) mass is 356 g/mol. The molecule has 0 saturated carbocycles. The Kier molecular flexibility index (Phi) is 5.59. The van der Waals surface area contributed by atoms with Crippen molar-refractivity contribution in [2.45, 2.75) is 19.5 Å². The lowest BCUT2D eigenvalue weighted by molar-refractivity contribution is 0.183. The number of carbonyl (C=O) groups is 1. The molecule has 2 N–H and O–H groups in total. The molecule has 3 rings (SSSR count). The molecule has 3 aromatic rings. The summed E-state index contributed by atoms with van der Waals surface area (Å²) in [6.45, 7) is 2.87. The molecule has 0 bridgehead atoms. The Morgan fingerprint density at radius 3 is 2.85 bits per heavy atom. The maximum absolute atomic E-state index is 12.4. The number of benzene rings is 1. The number of hydrogen-bond donors (Lipinski definition) is 2. The van der Waals surface area contributed by atoms with E-state index in [9.17, 15) is 4.79 Å². The van der Waals surface area contributed by atoms with Gasteiger partial charge in [0.15, 0.2) is 5.82 Å². The van der Waals surface area contributed by atoms with Gasteiger partial charge >= 0.3 is 6.03 Å². The standard InChI is InChI=1S/C17H20N6O3/c1-12-19-16(26-22-12)15(13-6-4-3-5-7-13)21-17(24)20-14-10-18-23(11-14)8-9-25-2/h3-7,10-11,15H,8-9H2,1-2H3,(H2,20,21,24). The number of carbonyl (C=O) groups excluding carboxylic acids is 1. The molecule has 0 aliphatic heterocycles. The van der Waals surface area contributed by atoms with Crippen molar-refractivity contribution in [1.82, 2.24) is 25.2 Å². The van der Waals surface area contributed by atoms with Crippen molar-refractivity contribution in [3.8, 4) is 0 Å². The fourth-order valence-electron chi connectivity index (χ4n) is 2.40. The molecule has 1 atom stereocenters. The number of nitrogens with one attached hydrogen (secondary N) is 2. The summed E-state index contributed by atoms with van der Waals surface area (Å²) in [5.74, 6) is 0.821. The molecule has 0 aliphatic carbocycles. The van der Waals surface area contributed by atoms with Gasteiger partial charge in [-0.3, -0.25) is 4.68 Å². The smallest absolute Gasteiger partial charge is 0.320 e. The van der Waals surface area contributed by atoms with E-state index < -0.39 is 12.1 Å². The third kappa shape index (κ3) is 4.45. The molecule has 2 aromatic heterocycles. The number of rotatable bonds is 7. The molecule has 9 nitrogen and oxygen atoms in total. The number of hydrogen-bond acceptors (Lipinski definition) is 6. The zero-order valence-electron chi connectivity index (χ0n) is 14.5. The molecule has 0 spiro atoms. The van der Waals surface area contributed by atoms with Crippen molar-refractivity contribution in [2.75, 3.05) is 19.0 Å². The van der Waals surface area contributed by atoms with Crippen LogP contribution >= 0.6 is 0 Å². The van der Waals surface area contributed by atoms with Crippen molar-refractivity contribution >= 4 is 11.7 Å². The van der Waals surface area contributed by atoms with Gasteiger partial charge in [0.05, 0.1) is 25.0 Å². The SMILES string of the molecule is COCCn1cc(NC(=O)NC(c2ccccc2)c2nc(C)no2)cn1. The minimum absolute atomic E-state index is 0.319. The third-order valence-corrected chi connectivity index (χ3v) is 3.61. The van der Waals surface area contributed by atoms with Crippen molar-refractivity contribution in [1.29, 1.82) is 0 Å². The van der Waals surface area contributed by atoms with E-state index in [4.69, 9.17) is 9.26 Å². The zero-order chi connectivity index (χ0) is 18.4. The molecule has 0 radical (unpaired) electrons. The van der Waals surface area contributed by atoms with Crippen LogP contribution in [0.4, 0.5) is 10.5 Å². The van der Waals surface area contributed by atoms with Crippen LogP contribution in [-0.4, -0.2) is 39.7 Å². The lowest BCUT2D eigenvalue weighted by Crippen LogP contribution is -2.33. The summed E-state index contributed by atoms with van der Waals surface area (Å²) in [5, 5.41) is 13.6. The summed E-state index contributed by atoms with van der Waals surface area (Å²) in [6.07, 6.45) is 3.30. The van der Waals surface area contributed by atoms with Crippen LogP contribution < -0.4 is 10.6 Å². The Balaban J connectivity index is 1.70. The third-order valence-electron chi connectivity index (χ3n) is 3.61.